The fourth-order valence-electron chi connectivity index (χ4n) is 2.86. The van der Waals surface area contributed by atoms with Gasteiger partial charge in [-0.15, -0.1) is 0 Å². The lowest BCUT2D eigenvalue weighted by Gasteiger charge is -2.45. The van der Waals surface area contributed by atoms with Crippen molar-refractivity contribution in [2.24, 2.45) is 0 Å². The number of esters is 1. The highest BCUT2D eigenvalue weighted by Gasteiger charge is 2.62. The van der Waals surface area contributed by atoms with E-state index in [1.54, 1.807) is 48.5 Å². The lowest BCUT2D eigenvalue weighted by molar-refractivity contribution is -0.181. The van der Waals surface area contributed by atoms with E-state index in [0.717, 1.165) is 16.0 Å². The fraction of sp³-hybridized carbons (Fsp3) is 0.250. The highest BCUT2D eigenvalue weighted by molar-refractivity contribution is 6.08. The third-order valence-electron chi connectivity index (χ3n) is 4.49. The van der Waals surface area contributed by atoms with Gasteiger partial charge in [-0.3, -0.25) is 4.90 Å². The van der Waals surface area contributed by atoms with Gasteiger partial charge in [-0.25, -0.2) is 14.4 Å². The zero-order valence-corrected chi connectivity index (χ0v) is 14.5. The summed E-state index contributed by atoms with van der Waals surface area (Å²) in [5, 5.41) is 9.61. The van der Waals surface area contributed by atoms with E-state index in [0.29, 0.717) is 0 Å². The molecule has 1 saturated heterocycles. The van der Waals surface area contributed by atoms with Crippen molar-refractivity contribution in [3.63, 3.8) is 0 Å². The molecular formula is C20H19NO6. The van der Waals surface area contributed by atoms with Gasteiger partial charge in [0.05, 0.1) is 0 Å². The first kappa shape index (κ1) is 18.4. The van der Waals surface area contributed by atoms with Crippen LogP contribution in [0.2, 0.25) is 0 Å². The summed E-state index contributed by atoms with van der Waals surface area (Å²) in [5.41, 5.74) is -0.550. The van der Waals surface area contributed by atoms with Crippen molar-refractivity contribution in [2.75, 3.05) is 6.54 Å². The zero-order valence-electron chi connectivity index (χ0n) is 14.5. The van der Waals surface area contributed by atoms with E-state index in [4.69, 9.17) is 9.47 Å². The number of amides is 1. The van der Waals surface area contributed by atoms with Crippen LogP contribution in [0, 0.1) is 0 Å². The average molecular weight is 369 g/mol. The summed E-state index contributed by atoms with van der Waals surface area (Å²) < 4.78 is 10.3. The molecule has 1 aliphatic rings. The molecule has 140 valence electrons. The number of carbonyl (C=O) groups is 3. The molecule has 0 aliphatic carbocycles. The summed E-state index contributed by atoms with van der Waals surface area (Å²) in [4.78, 5) is 37.5. The van der Waals surface area contributed by atoms with Crippen LogP contribution >= 0.6 is 0 Å². The molecule has 1 atom stereocenters. The first-order valence-electron chi connectivity index (χ1n) is 8.47. The van der Waals surface area contributed by atoms with Crippen LogP contribution in [-0.4, -0.2) is 40.1 Å². The Bertz CT molecular complexity index is 823. The molecular weight excluding hydrogens is 350 g/mol. The maximum Gasteiger partial charge on any atom is 0.411 e. The third-order valence-corrected chi connectivity index (χ3v) is 4.49. The molecule has 2 aromatic carbocycles. The van der Waals surface area contributed by atoms with E-state index in [1.807, 2.05) is 12.1 Å². The Morgan fingerprint density at radius 2 is 1.41 bits per heavy atom. The molecule has 3 rings (SSSR count). The fourth-order valence-corrected chi connectivity index (χ4v) is 2.86. The Kier molecular flexibility index (Phi) is 5.40. The number of rotatable bonds is 6. The summed E-state index contributed by atoms with van der Waals surface area (Å²) in [7, 11) is 0. The molecule has 1 unspecified atom stereocenters. The van der Waals surface area contributed by atoms with Gasteiger partial charge in [0.15, 0.2) is 0 Å². The molecule has 27 heavy (non-hydrogen) atoms. The predicted molar refractivity (Wildman–Crippen MR) is 94.6 cm³/mol. The Morgan fingerprint density at radius 1 is 0.889 bits per heavy atom. The molecule has 2 aromatic rings. The minimum Gasteiger partial charge on any atom is -0.479 e. The molecule has 0 radical (unpaired) electrons. The minimum absolute atomic E-state index is 0.00899. The van der Waals surface area contributed by atoms with Crippen LogP contribution in [0.25, 0.3) is 0 Å². The highest BCUT2D eigenvalue weighted by Crippen LogP contribution is 2.33. The summed E-state index contributed by atoms with van der Waals surface area (Å²) in [6.45, 7) is 0.0346. The van der Waals surface area contributed by atoms with Gasteiger partial charge < -0.3 is 14.6 Å². The standard InChI is InChI=1S/C20H19NO6/c22-17(23)20(18(24)26-13-15-7-3-1-4-8-15)11-12-21(20)19(25)27-14-16-9-5-2-6-10-16/h1-10H,11-14H2,(H,22,23). The van der Waals surface area contributed by atoms with Crippen molar-refractivity contribution < 1.29 is 29.0 Å². The van der Waals surface area contributed by atoms with Crippen molar-refractivity contribution >= 4 is 18.0 Å². The normalized spacial score (nSPS) is 18.3. The van der Waals surface area contributed by atoms with Crippen LogP contribution in [0.5, 0.6) is 0 Å². The quantitative estimate of drug-likeness (QED) is 0.621. The summed E-state index contributed by atoms with van der Waals surface area (Å²) in [6.07, 6.45) is -0.875. The lowest BCUT2D eigenvalue weighted by Crippen LogP contribution is -2.71. The van der Waals surface area contributed by atoms with E-state index in [2.05, 4.69) is 0 Å². The van der Waals surface area contributed by atoms with Gasteiger partial charge in [0.2, 0.25) is 5.54 Å². The van der Waals surface area contributed by atoms with Gasteiger partial charge in [0, 0.05) is 13.0 Å². The van der Waals surface area contributed by atoms with Crippen LogP contribution in [0.4, 0.5) is 4.79 Å². The molecule has 7 nitrogen and oxygen atoms in total. The number of carboxylic acids is 1. The Labute approximate surface area is 156 Å². The van der Waals surface area contributed by atoms with Crippen molar-refractivity contribution in [3.05, 3.63) is 71.8 Å². The molecule has 1 aliphatic heterocycles. The second-order valence-electron chi connectivity index (χ2n) is 6.17. The molecule has 0 aromatic heterocycles. The average Bonchev–Trinajstić information content (AvgIpc) is 2.65. The topological polar surface area (TPSA) is 93.1 Å². The van der Waals surface area contributed by atoms with E-state index in [-0.39, 0.29) is 26.2 Å². The smallest absolute Gasteiger partial charge is 0.411 e. The first-order chi connectivity index (χ1) is 13.0. The Hall–Kier alpha value is -3.35. The van der Waals surface area contributed by atoms with E-state index < -0.39 is 23.6 Å². The van der Waals surface area contributed by atoms with Crippen LogP contribution in [0.3, 0.4) is 0 Å². The van der Waals surface area contributed by atoms with Crippen molar-refractivity contribution in [1.29, 1.82) is 0 Å². The number of benzene rings is 2. The van der Waals surface area contributed by atoms with Gasteiger partial charge in [0.25, 0.3) is 0 Å². The number of carbonyl (C=O) groups excluding carboxylic acids is 2. The summed E-state index contributed by atoms with van der Waals surface area (Å²) >= 11 is 0. The van der Waals surface area contributed by atoms with Gasteiger partial charge in [-0.05, 0) is 11.1 Å². The van der Waals surface area contributed by atoms with Crippen molar-refractivity contribution in [2.45, 2.75) is 25.2 Å². The van der Waals surface area contributed by atoms with Crippen molar-refractivity contribution in [1.82, 2.24) is 4.90 Å². The number of carboxylic acid groups (broad SMARTS) is 1. The molecule has 1 fully saturated rings. The Balaban J connectivity index is 1.65. The van der Waals surface area contributed by atoms with Crippen LogP contribution in [-0.2, 0) is 32.3 Å². The molecule has 1 heterocycles. The third kappa shape index (κ3) is 3.76. The largest absolute Gasteiger partial charge is 0.479 e. The van der Waals surface area contributed by atoms with Gasteiger partial charge in [0.1, 0.15) is 13.2 Å². The minimum atomic E-state index is -2.04. The van der Waals surface area contributed by atoms with Crippen LogP contribution in [0.1, 0.15) is 17.5 Å². The van der Waals surface area contributed by atoms with Crippen LogP contribution < -0.4 is 0 Å². The van der Waals surface area contributed by atoms with Gasteiger partial charge in [-0.2, -0.15) is 0 Å². The maximum atomic E-state index is 12.5. The van der Waals surface area contributed by atoms with Crippen molar-refractivity contribution in [3.8, 4) is 0 Å². The molecule has 7 heteroatoms. The summed E-state index contributed by atoms with van der Waals surface area (Å²) in [5.74, 6) is -2.40. The SMILES string of the molecule is O=C(OCc1ccccc1)N1CCC1(C(=O)O)C(=O)OCc1ccccc1. The highest BCUT2D eigenvalue weighted by atomic mass is 16.6. The molecule has 0 spiro atoms. The van der Waals surface area contributed by atoms with Gasteiger partial charge >= 0.3 is 18.0 Å². The first-order valence-corrected chi connectivity index (χ1v) is 8.47. The maximum absolute atomic E-state index is 12.5. The molecule has 1 N–H and O–H groups in total. The number of hydrogen-bond acceptors (Lipinski definition) is 5. The number of ether oxygens (including phenoxy) is 2. The number of nitrogens with zero attached hydrogens (tertiary/aromatic N) is 1. The van der Waals surface area contributed by atoms with Crippen LogP contribution in [0.15, 0.2) is 60.7 Å². The zero-order chi connectivity index (χ0) is 19.3. The predicted octanol–water partition coefficient (Wildman–Crippen LogP) is 2.60. The lowest BCUT2D eigenvalue weighted by atomic mass is 9.85. The van der Waals surface area contributed by atoms with E-state index in [9.17, 15) is 19.5 Å². The number of hydrogen-bond donors (Lipinski definition) is 1. The summed E-state index contributed by atoms with van der Waals surface area (Å²) in [6, 6.07) is 17.9. The molecule has 1 amide bonds. The number of aliphatic carboxylic acids is 1. The number of likely N-dealkylation sites (tertiary alicyclic amines) is 1. The Morgan fingerprint density at radius 3 is 1.85 bits per heavy atom. The van der Waals surface area contributed by atoms with E-state index in [1.165, 1.54) is 0 Å². The monoisotopic (exact) mass is 369 g/mol. The molecule has 0 bridgehead atoms. The van der Waals surface area contributed by atoms with Gasteiger partial charge in [-0.1, -0.05) is 60.7 Å². The van der Waals surface area contributed by atoms with E-state index >= 15 is 0 Å². The second-order valence-corrected chi connectivity index (χ2v) is 6.17. The molecule has 0 saturated carbocycles. The second kappa shape index (κ2) is 7.90.